The fraction of sp³-hybridized carbons (Fsp3) is 0.750. The molecule has 3 N–H and O–H groups in total. The highest BCUT2D eigenvalue weighted by molar-refractivity contribution is 7.99. The topological polar surface area (TPSA) is 100 Å². The minimum Gasteiger partial charge on any atom is -0.480 e. The number of aromatic amines is 1. The Hall–Kier alpha value is -1.28. The predicted octanol–water partition coefficient (Wildman–Crippen LogP) is 0.916. The molecule has 1 aromatic rings. The quantitative estimate of drug-likeness (QED) is 0.463. The largest absolute Gasteiger partial charge is 0.480 e. The molecule has 0 saturated carbocycles. The van der Waals surface area contributed by atoms with Gasteiger partial charge in [0.25, 0.3) is 0 Å². The van der Waals surface area contributed by atoms with Crippen molar-refractivity contribution in [1.29, 1.82) is 0 Å². The average Bonchev–Trinajstić information content (AvgIpc) is 2.75. The molecule has 0 spiro atoms. The van der Waals surface area contributed by atoms with Gasteiger partial charge in [0.15, 0.2) is 5.16 Å². The van der Waals surface area contributed by atoms with E-state index in [1.807, 2.05) is 13.8 Å². The zero-order chi connectivity index (χ0) is 15.2. The number of H-pyrrole nitrogens is 1. The van der Waals surface area contributed by atoms with E-state index in [1.165, 1.54) is 11.8 Å². The zero-order valence-corrected chi connectivity index (χ0v) is 12.9. The van der Waals surface area contributed by atoms with E-state index in [9.17, 15) is 14.7 Å². The number of aliphatic carboxylic acids is 1. The van der Waals surface area contributed by atoms with Gasteiger partial charge in [-0.3, -0.25) is 9.36 Å². The summed E-state index contributed by atoms with van der Waals surface area (Å²) in [6.07, 6.45) is 1.26. The van der Waals surface area contributed by atoms with Crippen LogP contribution in [0.3, 0.4) is 0 Å². The van der Waals surface area contributed by atoms with E-state index < -0.39 is 11.5 Å². The van der Waals surface area contributed by atoms with Gasteiger partial charge < -0.3 is 10.4 Å². The van der Waals surface area contributed by atoms with Crippen LogP contribution < -0.4 is 11.0 Å². The van der Waals surface area contributed by atoms with E-state index in [1.54, 1.807) is 11.5 Å². The summed E-state index contributed by atoms with van der Waals surface area (Å²) in [5.74, 6) is -0.118. The summed E-state index contributed by atoms with van der Waals surface area (Å²) in [6.45, 7) is 6.65. The Balaban J connectivity index is 2.48. The van der Waals surface area contributed by atoms with Crippen molar-refractivity contribution in [3.05, 3.63) is 10.5 Å². The summed E-state index contributed by atoms with van der Waals surface area (Å²) in [6, 6.07) is 0. The normalized spacial score (nSPS) is 14.2. The molecule has 0 aliphatic rings. The number of rotatable bonds is 9. The summed E-state index contributed by atoms with van der Waals surface area (Å²) in [5, 5.41) is 19.2. The molecular weight excluding hydrogens is 280 g/mol. The van der Waals surface area contributed by atoms with Crippen LogP contribution in [-0.4, -0.2) is 43.7 Å². The summed E-state index contributed by atoms with van der Waals surface area (Å²) in [5.41, 5.74) is -1.11. The molecule has 1 unspecified atom stereocenters. The Labute approximate surface area is 122 Å². The lowest BCUT2D eigenvalue weighted by molar-refractivity contribution is -0.144. The highest BCUT2D eigenvalue weighted by Gasteiger charge is 2.31. The molecule has 0 bridgehead atoms. The van der Waals surface area contributed by atoms with Crippen LogP contribution in [0.25, 0.3) is 0 Å². The molecule has 114 valence electrons. The first-order chi connectivity index (χ1) is 9.44. The van der Waals surface area contributed by atoms with E-state index in [0.29, 0.717) is 24.7 Å². The van der Waals surface area contributed by atoms with Crippen molar-refractivity contribution in [3.63, 3.8) is 0 Å². The van der Waals surface area contributed by atoms with Gasteiger partial charge in [0.1, 0.15) is 5.54 Å². The van der Waals surface area contributed by atoms with Crippen molar-refractivity contribution in [2.75, 3.05) is 12.3 Å². The molecule has 1 aromatic heterocycles. The first-order valence-corrected chi connectivity index (χ1v) is 7.69. The molecule has 0 saturated heterocycles. The molecule has 0 radical (unpaired) electrons. The maximum Gasteiger partial charge on any atom is 0.343 e. The first kappa shape index (κ1) is 16.8. The van der Waals surface area contributed by atoms with Gasteiger partial charge in [-0.15, -0.1) is 5.10 Å². The highest BCUT2D eigenvalue weighted by atomic mass is 32.2. The molecule has 7 nitrogen and oxygen atoms in total. The second kappa shape index (κ2) is 7.49. The lowest BCUT2D eigenvalue weighted by atomic mass is 9.96. The fourth-order valence-electron chi connectivity index (χ4n) is 1.94. The second-order valence-corrected chi connectivity index (χ2v) is 5.74. The van der Waals surface area contributed by atoms with Crippen molar-refractivity contribution >= 4 is 17.7 Å². The number of hydrogen-bond donors (Lipinski definition) is 3. The average molecular weight is 302 g/mol. The Morgan fingerprint density at radius 1 is 1.55 bits per heavy atom. The third-order valence-electron chi connectivity index (χ3n) is 3.13. The van der Waals surface area contributed by atoms with Gasteiger partial charge in [-0.2, -0.15) is 0 Å². The number of carboxylic acid groups (broad SMARTS) is 1. The lowest BCUT2D eigenvalue weighted by Gasteiger charge is -2.25. The predicted molar refractivity (Wildman–Crippen MR) is 78.2 cm³/mol. The van der Waals surface area contributed by atoms with Gasteiger partial charge in [0.2, 0.25) is 0 Å². The van der Waals surface area contributed by atoms with Crippen molar-refractivity contribution in [2.24, 2.45) is 0 Å². The van der Waals surface area contributed by atoms with Crippen LogP contribution in [0.4, 0.5) is 0 Å². The lowest BCUT2D eigenvalue weighted by Crippen LogP contribution is -2.49. The number of nitrogens with zero attached hydrogens (tertiary/aromatic N) is 2. The van der Waals surface area contributed by atoms with E-state index in [4.69, 9.17) is 0 Å². The van der Waals surface area contributed by atoms with Crippen LogP contribution in [0.5, 0.6) is 0 Å². The third-order valence-corrected chi connectivity index (χ3v) is 4.19. The first-order valence-electron chi connectivity index (χ1n) is 6.71. The smallest absolute Gasteiger partial charge is 0.343 e. The number of hydrogen-bond acceptors (Lipinski definition) is 5. The highest BCUT2D eigenvalue weighted by Crippen LogP contribution is 2.19. The number of thioether (sulfide) groups is 1. The van der Waals surface area contributed by atoms with E-state index >= 15 is 0 Å². The van der Waals surface area contributed by atoms with E-state index in [-0.39, 0.29) is 5.69 Å². The fourth-order valence-corrected chi connectivity index (χ4v) is 2.89. The maximum atomic E-state index is 11.4. The number of aromatic nitrogens is 3. The summed E-state index contributed by atoms with van der Waals surface area (Å²) >= 11 is 1.46. The van der Waals surface area contributed by atoms with Gasteiger partial charge in [-0.25, -0.2) is 9.89 Å². The second-order valence-electron chi connectivity index (χ2n) is 4.68. The van der Waals surface area contributed by atoms with E-state index in [0.717, 1.165) is 12.2 Å². The maximum absolute atomic E-state index is 11.4. The molecule has 1 heterocycles. The summed E-state index contributed by atoms with van der Waals surface area (Å²) < 4.78 is 1.56. The van der Waals surface area contributed by atoms with Crippen LogP contribution in [0.15, 0.2) is 9.95 Å². The number of likely N-dealkylation sites (N-methyl/N-ethyl adjacent to an activating group) is 1. The molecule has 0 aliphatic carbocycles. The summed E-state index contributed by atoms with van der Waals surface area (Å²) in [4.78, 5) is 22.6. The molecule has 20 heavy (non-hydrogen) atoms. The van der Waals surface area contributed by atoms with Crippen LogP contribution >= 0.6 is 11.8 Å². The Morgan fingerprint density at radius 2 is 2.25 bits per heavy atom. The number of carbonyl (C=O) groups is 1. The van der Waals surface area contributed by atoms with Gasteiger partial charge in [0.05, 0.1) is 0 Å². The SMILES string of the molecule is CCNC(C)(CCCSc1n[nH]c(=O)n1CC)C(=O)O. The number of carboxylic acids is 1. The zero-order valence-electron chi connectivity index (χ0n) is 12.1. The molecule has 8 heteroatoms. The van der Waals surface area contributed by atoms with E-state index in [2.05, 4.69) is 15.5 Å². The van der Waals surface area contributed by atoms with Crippen molar-refractivity contribution < 1.29 is 9.90 Å². The van der Waals surface area contributed by atoms with Gasteiger partial charge in [-0.05, 0) is 33.2 Å². The van der Waals surface area contributed by atoms with Crippen LogP contribution in [-0.2, 0) is 11.3 Å². The van der Waals surface area contributed by atoms with Crippen LogP contribution in [0.2, 0.25) is 0 Å². The minimum absolute atomic E-state index is 0.210. The van der Waals surface area contributed by atoms with Crippen LogP contribution in [0, 0.1) is 0 Å². The molecule has 0 aliphatic heterocycles. The Morgan fingerprint density at radius 3 is 2.80 bits per heavy atom. The summed E-state index contributed by atoms with van der Waals surface area (Å²) in [7, 11) is 0. The molecule has 0 fully saturated rings. The molecule has 0 aromatic carbocycles. The van der Waals surface area contributed by atoms with Crippen molar-refractivity contribution in [3.8, 4) is 0 Å². The van der Waals surface area contributed by atoms with Crippen molar-refractivity contribution in [2.45, 2.75) is 50.9 Å². The van der Waals surface area contributed by atoms with Gasteiger partial charge >= 0.3 is 11.7 Å². The minimum atomic E-state index is -0.898. The van der Waals surface area contributed by atoms with Gasteiger partial charge in [0, 0.05) is 12.3 Å². The van der Waals surface area contributed by atoms with Crippen LogP contribution in [0.1, 0.15) is 33.6 Å². The standard InChI is InChI=1S/C12H22N4O3S/c1-4-13-12(3,9(17)18)7-6-8-20-11-15-14-10(19)16(11)5-2/h13H,4-8H2,1-3H3,(H,14,19)(H,17,18). The molecule has 1 rings (SSSR count). The van der Waals surface area contributed by atoms with Crippen molar-refractivity contribution in [1.82, 2.24) is 20.1 Å². The molecule has 0 amide bonds. The van der Waals surface area contributed by atoms with Gasteiger partial charge in [-0.1, -0.05) is 18.7 Å². The Kier molecular flexibility index (Phi) is 6.28. The Bertz CT molecular complexity index is 499. The monoisotopic (exact) mass is 302 g/mol. The molecule has 1 atom stereocenters. The molecular formula is C12H22N4O3S. The third kappa shape index (κ3) is 4.11. The number of nitrogens with one attached hydrogen (secondary N) is 2.